The van der Waals surface area contributed by atoms with Crippen LogP contribution >= 0.6 is 0 Å². The van der Waals surface area contributed by atoms with E-state index in [9.17, 15) is 9.59 Å². The third-order valence-corrected chi connectivity index (χ3v) is 4.43. The Labute approximate surface area is 182 Å². The van der Waals surface area contributed by atoms with Crippen molar-refractivity contribution in [3.05, 3.63) is 41.6 Å². The van der Waals surface area contributed by atoms with Crippen molar-refractivity contribution < 1.29 is 14.3 Å². The first-order valence-corrected chi connectivity index (χ1v) is 10.7. The largest absolute Gasteiger partial charge is 0.453 e. The smallest absolute Gasteiger partial charge is 0.303 e. The number of carbonyl (C=O) groups excluding carboxylic acids is 2. The Kier molecular flexibility index (Phi) is 13.8. The summed E-state index contributed by atoms with van der Waals surface area (Å²) in [6.45, 7) is 12.0. The molecule has 0 aliphatic carbocycles. The molecule has 0 aromatic heterocycles. The van der Waals surface area contributed by atoms with E-state index in [1.165, 1.54) is 19.0 Å². The highest BCUT2D eigenvalue weighted by Crippen LogP contribution is 2.32. The Balaban J connectivity index is 0.00000154. The van der Waals surface area contributed by atoms with Gasteiger partial charge in [-0.15, -0.1) is 12.8 Å². The monoisotopic (exact) mass is 414 g/mol. The van der Waals surface area contributed by atoms with Gasteiger partial charge in [-0.1, -0.05) is 57.9 Å². The third kappa shape index (κ3) is 8.32. The number of nitrogens with zero attached hydrogens (tertiary/aromatic N) is 1. The fourth-order valence-electron chi connectivity index (χ4n) is 3.27. The minimum absolute atomic E-state index is 0.00899. The Morgan fingerprint density at radius 1 is 1.27 bits per heavy atom. The van der Waals surface area contributed by atoms with Crippen LogP contribution in [0.1, 0.15) is 66.4 Å². The Bertz CT molecular complexity index is 709. The fourth-order valence-corrected chi connectivity index (χ4v) is 3.27. The molecular formula is C25H38N2O3. The first-order chi connectivity index (χ1) is 14.4. The maximum Gasteiger partial charge on any atom is 0.303 e. The molecule has 2 rings (SSSR count). The summed E-state index contributed by atoms with van der Waals surface area (Å²) >= 11 is 0. The lowest BCUT2D eigenvalue weighted by Gasteiger charge is -2.28. The average Bonchev–Trinajstić information content (AvgIpc) is 3.10. The van der Waals surface area contributed by atoms with Crippen molar-refractivity contribution in [1.82, 2.24) is 5.32 Å². The molecule has 1 aliphatic rings. The lowest BCUT2D eigenvalue weighted by molar-refractivity contribution is -0.151. The van der Waals surface area contributed by atoms with Crippen LogP contribution in [0.25, 0.3) is 0 Å². The van der Waals surface area contributed by atoms with Gasteiger partial charge in [0.25, 0.3) is 5.91 Å². The molecule has 2 unspecified atom stereocenters. The molecule has 1 heterocycles. The number of allylic oxidation sites excluding steroid dienone is 2. The van der Waals surface area contributed by atoms with Crippen LogP contribution in [-0.2, 0) is 20.7 Å². The van der Waals surface area contributed by atoms with E-state index in [-0.39, 0.29) is 11.9 Å². The van der Waals surface area contributed by atoms with Gasteiger partial charge in [-0.2, -0.15) is 0 Å². The zero-order valence-corrected chi connectivity index (χ0v) is 19.4. The molecule has 1 aliphatic heterocycles. The summed E-state index contributed by atoms with van der Waals surface area (Å²) in [5.41, 5.74) is 3.25. The Morgan fingerprint density at radius 2 is 1.87 bits per heavy atom. The molecule has 0 bridgehead atoms. The molecule has 30 heavy (non-hydrogen) atoms. The summed E-state index contributed by atoms with van der Waals surface area (Å²) in [4.78, 5) is 25.9. The molecule has 0 fully saturated rings. The van der Waals surface area contributed by atoms with E-state index in [4.69, 9.17) is 4.74 Å². The number of carbonyl (C=O) groups is 2. The molecule has 166 valence electrons. The van der Waals surface area contributed by atoms with E-state index in [2.05, 4.69) is 51.1 Å². The highest BCUT2D eigenvalue weighted by atomic mass is 16.5. The van der Waals surface area contributed by atoms with Crippen molar-refractivity contribution >= 4 is 17.6 Å². The van der Waals surface area contributed by atoms with Crippen LogP contribution in [0.4, 0.5) is 5.69 Å². The van der Waals surface area contributed by atoms with Gasteiger partial charge < -0.3 is 15.0 Å². The van der Waals surface area contributed by atoms with Gasteiger partial charge in [0.2, 0.25) is 0 Å². The van der Waals surface area contributed by atoms with Gasteiger partial charge in [0.05, 0.1) is 6.04 Å². The summed E-state index contributed by atoms with van der Waals surface area (Å²) < 4.78 is 5.11. The van der Waals surface area contributed by atoms with Crippen molar-refractivity contribution in [3.63, 3.8) is 0 Å². The molecule has 1 N–H and O–H groups in total. The van der Waals surface area contributed by atoms with Gasteiger partial charge in [-0.3, -0.25) is 9.59 Å². The molecule has 2 atom stereocenters. The van der Waals surface area contributed by atoms with Crippen molar-refractivity contribution in [2.45, 2.75) is 79.4 Å². The molecule has 1 aromatic rings. The van der Waals surface area contributed by atoms with Crippen LogP contribution in [0.3, 0.4) is 0 Å². The van der Waals surface area contributed by atoms with Gasteiger partial charge in [-0.25, -0.2) is 0 Å². The predicted molar refractivity (Wildman–Crippen MR) is 125 cm³/mol. The van der Waals surface area contributed by atoms with E-state index in [1.807, 2.05) is 25.1 Å². The maximum atomic E-state index is 12.9. The quantitative estimate of drug-likeness (QED) is 0.512. The molecule has 5 heteroatoms. The SMILES string of the molecule is C#C.C/C=C(/CCC)NCC1Cc2ccccc2N1C(=O)C(C)OC(C)=O.CCC. The Morgan fingerprint density at radius 3 is 2.40 bits per heavy atom. The minimum Gasteiger partial charge on any atom is -0.453 e. The van der Waals surface area contributed by atoms with Crippen LogP contribution in [0.5, 0.6) is 0 Å². The van der Waals surface area contributed by atoms with Gasteiger partial charge in [0, 0.05) is 24.9 Å². The van der Waals surface area contributed by atoms with Crippen LogP contribution in [0, 0.1) is 12.8 Å². The standard InChI is InChI=1S/C20H28N2O3.C3H8.C2H2/c1-5-9-17(6-2)21-13-18-12-16-10-7-8-11-19(16)22(18)20(24)14(3)25-15(4)23;1-3-2;1-2/h6-8,10-11,14,18,21H,5,9,12-13H2,1-4H3;3H2,1-2H3;1-2H/b17-6-;;. The lowest BCUT2D eigenvalue weighted by Crippen LogP contribution is -2.48. The van der Waals surface area contributed by atoms with Gasteiger partial charge in [-0.05, 0) is 38.3 Å². The number of rotatable bonds is 7. The number of amides is 1. The zero-order chi connectivity index (χ0) is 23.1. The number of terminal acetylenes is 1. The number of hydrogen-bond acceptors (Lipinski definition) is 4. The van der Waals surface area contributed by atoms with E-state index in [0.717, 1.165) is 30.5 Å². The number of hydrogen-bond donors (Lipinski definition) is 1. The summed E-state index contributed by atoms with van der Waals surface area (Å²) in [5, 5.41) is 3.47. The van der Waals surface area contributed by atoms with Gasteiger partial charge >= 0.3 is 5.97 Å². The number of esters is 1. The van der Waals surface area contributed by atoms with Crippen molar-refractivity contribution in [3.8, 4) is 12.8 Å². The number of nitrogens with one attached hydrogen (secondary N) is 1. The minimum atomic E-state index is -0.789. The normalized spacial score (nSPS) is 15.5. The van der Waals surface area contributed by atoms with E-state index in [1.54, 1.807) is 11.8 Å². The fraction of sp³-hybridized carbons (Fsp3) is 0.520. The molecule has 5 nitrogen and oxygen atoms in total. The summed E-state index contributed by atoms with van der Waals surface area (Å²) in [5.74, 6) is -0.619. The van der Waals surface area contributed by atoms with Crippen LogP contribution in [0.2, 0.25) is 0 Å². The summed E-state index contributed by atoms with van der Waals surface area (Å²) in [6, 6.07) is 7.93. The summed E-state index contributed by atoms with van der Waals surface area (Å²) in [7, 11) is 0. The van der Waals surface area contributed by atoms with E-state index < -0.39 is 12.1 Å². The second-order valence-corrected chi connectivity index (χ2v) is 7.10. The van der Waals surface area contributed by atoms with E-state index >= 15 is 0 Å². The average molecular weight is 415 g/mol. The number of para-hydroxylation sites is 1. The Hall–Kier alpha value is -2.74. The van der Waals surface area contributed by atoms with Crippen LogP contribution in [0.15, 0.2) is 36.0 Å². The van der Waals surface area contributed by atoms with Gasteiger partial charge in [0.15, 0.2) is 6.10 Å². The first-order valence-electron chi connectivity index (χ1n) is 10.7. The highest BCUT2D eigenvalue weighted by molar-refractivity contribution is 5.99. The molecule has 0 radical (unpaired) electrons. The number of fused-ring (bicyclic) bond motifs is 1. The molecule has 0 saturated heterocycles. The molecule has 1 aromatic carbocycles. The zero-order valence-electron chi connectivity index (χ0n) is 19.4. The lowest BCUT2D eigenvalue weighted by atomic mass is 10.1. The highest BCUT2D eigenvalue weighted by Gasteiger charge is 2.36. The molecule has 0 spiro atoms. The number of benzene rings is 1. The second-order valence-electron chi connectivity index (χ2n) is 7.10. The predicted octanol–water partition coefficient (Wildman–Crippen LogP) is 4.86. The van der Waals surface area contributed by atoms with Gasteiger partial charge in [0.1, 0.15) is 0 Å². The van der Waals surface area contributed by atoms with Crippen molar-refractivity contribution in [2.24, 2.45) is 0 Å². The van der Waals surface area contributed by atoms with Crippen LogP contribution < -0.4 is 10.2 Å². The van der Waals surface area contributed by atoms with Crippen molar-refractivity contribution in [1.29, 1.82) is 0 Å². The van der Waals surface area contributed by atoms with E-state index in [0.29, 0.717) is 6.54 Å². The molecule has 0 saturated carbocycles. The second kappa shape index (κ2) is 15.1. The third-order valence-electron chi connectivity index (χ3n) is 4.43. The number of anilines is 1. The molecule has 1 amide bonds. The number of ether oxygens (including phenoxy) is 1. The van der Waals surface area contributed by atoms with Crippen LogP contribution in [-0.4, -0.2) is 30.6 Å². The maximum absolute atomic E-state index is 12.9. The topological polar surface area (TPSA) is 58.6 Å². The summed E-state index contributed by atoms with van der Waals surface area (Å²) in [6.07, 6.45) is 13.4. The molecular weight excluding hydrogens is 376 g/mol. The van der Waals surface area contributed by atoms with Crippen molar-refractivity contribution in [2.75, 3.05) is 11.4 Å². The first kappa shape index (κ1) is 27.3.